The summed E-state index contributed by atoms with van der Waals surface area (Å²) in [5.74, 6) is -1.46. The minimum atomic E-state index is -1.09. The molecule has 0 saturated heterocycles. The number of carbonyl (C=O) groups is 2. The van der Waals surface area contributed by atoms with Gasteiger partial charge in [-0.25, -0.2) is 0 Å². The number of nitrogens with zero attached hydrogens (tertiary/aromatic N) is 2. The fraction of sp³-hybridized carbons (Fsp3) is 0.333. The number of rotatable bonds is 6. The van der Waals surface area contributed by atoms with Crippen LogP contribution in [0.15, 0.2) is 24.3 Å². The quantitative estimate of drug-likeness (QED) is 0.613. The molecule has 0 aliphatic rings. The lowest BCUT2D eigenvalue weighted by atomic mass is 10.1. The van der Waals surface area contributed by atoms with Crippen molar-refractivity contribution < 1.29 is 19.6 Å². The molecule has 1 N–H and O–H groups in total. The number of benzene rings is 1. The van der Waals surface area contributed by atoms with E-state index in [9.17, 15) is 19.7 Å². The van der Waals surface area contributed by atoms with E-state index in [2.05, 4.69) is 0 Å². The zero-order valence-corrected chi connectivity index (χ0v) is 10.4. The third-order valence-electron chi connectivity index (χ3n) is 2.54. The lowest BCUT2D eigenvalue weighted by molar-refractivity contribution is -0.384. The molecule has 0 aliphatic carbocycles. The van der Waals surface area contributed by atoms with E-state index < -0.39 is 10.9 Å². The van der Waals surface area contributed by atoms with Gasteiger partial charge in [-0.3, -0.25) is 19.7 Å². The van der Waals surface area contributed by atoms with E-state index in [0.717, 1.165) is 0 Å². The highest BCUT2D eigenvalue weighted by molar-refractivity contribution is 5.83. The van der Waals surface area contributed by atoms with Crippen molar-refractivity contribution in [2.24, 2.45) is 0 Å². The van der Waals surface area contributed by atoms with Crippen LogP contribution in [0.4, 0.5) is 5.69 Å². The fourth-order valence-electron chi connectivity index (χ4n) is 1.61. The van der Waals surface area contributed by atoms with Crippen molar-refractivity contribution >= 4 is 17.6 Å². The SMILES string of the molecule is CCN(CC(=O)O)C(=O)Cc1cccc([N+](=O)[O-])c1. The maximum Gasteiger partial charge on any atom is 0.323 e. The Morgan fingerprint density at radius 1 is 1.42 bits per heavy atom. The Kier molecular flexibility index (Phi) is 4.99. The number of non-ortho nitro benzene ring substituents is 1. The molecule has 0 unspecified atom stereocenters. The molecule has 7 heteroatoms. The Morgan fingerprint density at radius 2 is 2.11 bits per heavy atom. The number of amides is 1. The van der Waals surface area contributed by atoms with E-state index in [1.165, 1.54) is 23.1 Å². The van der Waals surface area contributed by atoms with Crippen LogP contribution in [-0.2, 0) is 16.0 Å². The van der Waals surface area contributed by atoms with Crippen LogP contribution in [0, 0.1) is 10.1 Å². The Labute approximate surface area is 109 Å². The monoisotopic (exact) mass is 266 g/mol. The summed E-state index contributed by atoms with van der Waals surface area (Å²) in [6.07, 6.45) is -0.0528. The molecular formula is C12H14N2O5. The molecule has 102 valence electrons. The molecule has 1 aromatic carbocycles. The average Bonchev–Trinajstić information content (AvgIpc) is 2.35. The molecule has 7 nitrogen and oxygen atoms in total. The van der Waals surface area contributed by atoms with Crippen molar-refractivity contribution in [1.29, 1.82) is 0 Å². The van der Waals surface area contributed by atoms with Gasteiger partial charge in [-0.15, -0.1) is 0 Å². The van der Waals surface area contributed by atoms with Crippen LogP contribution >= 0.6 is 0 Å². The highest BCUT2D eigenvalue weighted by atomic mass is 16.6. The van der Waals surface area contributed by atoms with E-state index >= 15 is 0 Å². The second kappa shape index (κ2) is 6.48. The molecule has 19 heavy (non-hydrogen) atoms. The Bertz CT molecular complexity index is 501. The summed E-state index contributed by atoms with van der Waals surface area (Å²) in [5.41, 5.74) is 0.398. The van der Waals surface area contributed by atoms with Crippen LogP contribution < -0.4 is 0 Å². The zero-order valence-electron chi connectivity index (χ0n) is 10.4. The molecule has 0 aromatic heterocycles. The van der Waals surface area contributed by atoms with Gasteiger partial charge in [-0.05, 0) is 12.5 Å². The Hall–Kier alpha value is -2.44. The molecule has 0 fully saturated rings. The van der Waals surface area contributed by atoms with Crippen LogP contribution in [0.2, 0.25) is 0 Å². The maximum atomic E-state index is 11.9. The lowest BCUT2D eigenvalue weighted by Crippen LogP contribution is -2.36. The minimum absolute atomic E-state index is 0.0528. The Morgan fingerprint density at radius 3 is 2.63 bits per heavy atom. The Balaban J connectivity index is 2.78. The molecule has 1 rings (SSSR count). The highest BCUT2D eigenvalue weighted by Crippen LogP contribution is 2.14. The van der Waals surface area contributed by atoms with Gasteiger partial charge in [0, 0.05) is 18.7 Å². The van der Waals surface area contributed by atoms with Crippen LogP contribution in [0.25, 0.3) is 0 Å². The van der Waals surface area contributed by atoms with Gasteiger partial charge in [0.2, 0.25) is 5.91 Å². The molecule has 1 amide bonds. The highest BCUT2D eigenvalue weighted by Gasteiger charge is 2.16. The van der Waals surface area contributed by atoms with Crippen LogP contribution in [-0.4, -0.2) is 39.9 Å². The number of aliphatic carboxylic acids is 1. The second-order valence-electron chi connectivity index (χ2n) is 3.91. The van der Waals surface area contributed by atoms with Crippen molar-refractivity contribution in [3.63, 3.8) is 0 Å². The van der Waals surface area contributed by atoms with Gasteiger partial charge in [0.15, 0.2) is 0 Å². The number of nitro benzene ring substituents is 1. The van der Waals surface area contributed by atoms with Crippen molar-refractivity contribution in [3.8, 4) is 0 Å². The standard InChI is InChI=1S/C12H14N2O5/c1-2-13(8-12(16)17)11(15)7-9-4-3-5-10(6-9)14(18)19/h3-6H,2,7-8H2,1H3,(H,16,17). The first-order valence-corrected chi connectivity index (χ1v) is 5.67. The number of carboxylic acids is 1. The molecule has 0 spiro atoms. The number of hydrogen-bond donors (Lipinski definition) is 1. The number of likely N-dealkylation sites (N-methyl/N-ethyl adjacent to an activating group) is 1. The van der Waals surface area contributed by atoms with Gasteiger partial charge in [0.05, 0.1) is 11.3 Å². The van der Waals surface area contributed by atoms with E-state index in [4.69, 9.17) is 5.11 Å². The van der Waals surface area contributed by atoms with Gasteiger partial charge in [0.1, 0.15) is 6.54 Å². The average molecular weight is 266 g/mol. The molecule has 0 atom stereocenters. The van der Waals surface area contributed by atoms with Crippen LogP contribution in [0.5, 0.6) is 0 Å². The first kappa shape index (κ1) is 14.6. The summed E-state index contributed by atoms with van der Waals surface area (Å²) in [6.45, 7) is 1.58. The van der Waals surface area contributed by atoms with Crippen molar-refractivity contribution in [1.82, 2.24) is 4.90 Å². The van der Waals surface area contributed by atoms with Crippen LogP contribution in [0.1, 0.15) is 12.5 Å². The van der Waals surface area contributed by atoms with E-state index in [0.29, 0.717) is 5.56 Å². The van der Waals surface area contributed by atoms with Crippen molar-refractivity contribution in [3.05, 3.63) is 39.9 Å². The van der Waals surface area contributed by atoms with Gasteiger partial charge in [-0.1, -0.05) is 12.1 Å². The molecule has 0 heterocycles. The van der Waals surface area contributed by atoms with Crippen molar-refractivity contribution in [2.75, 3.05) is 13.1 Å². The van der Waals surface area contributed by atoms with E-state index in [-0.39, 0.29) is 31.1 Å². The van der Waals surface area contributed by atoms with Gasteiger partial charge < -0.3 is 10.0 Å². The van der Waals surface area contributed by atoms with Gasteiger partial charge in [-0.2, -0.15) is 0 Å². The first-order valence-electron chi connectivity index (χ1n) is 5.67. The molecule has 0 saturated carbocycles. The summed E-state index contributed by atoms with van der Waals surface area (Å²) < 4.78 is 0. The second-order valence-corrected chi connectivity index (χ2v) is 3.91. The first-order chi connectivity index (χ1) is 8.93. The predicted molar refractivity (Wildman–Crippen MR) is 66.7 cm³/mol. The summed E-state index contributed by atoms with van der Waals surface area (Å²) in [6, 6.07) is 5.74. The topological polar surface area (TPSA) is 101 Å². The number of hydrogen-bond acceptors (Lipinski definition) is 4. The lowest BCUT2D eigenvalue weighted by Gasteiger charge is -2.18. The van der Waals surface area contributed by atoms with Crippen molar-refractivity contribution in [2.45, 2.75) is 13.3 Å². The molecule has 0 bridgehead atoms. The molecule has 0 radical (unpaired) electrons. The summed E-state index contributed by atoms with van der Waals surface area (Å²) in [5, 5.41) is 19.3. The number of nitro groups is 1. The van der Waals surface area contributed by atoms with Gasteiger partial charge >= 0.3 is 5.97 Å². The number of carboxylic acid groups (broad SMARTS) is 1. The molecule has 1 aromatic rings. The van der Waals surface area contributed by atoms with E-state index in [1.54, 1.807) is 13.0 Å². The van der Waals surface area contributed by atoms with Gasteiger partial charge in [0.25, 0.3) is 5.69 Å². The number of carbonyl (C=O) groups excluding carboxylic acids is 1. The third kappa shape index (κ3) is 4.38. The summed E-state index contributed by atoms with van der Waals surface area (Å²) in [7, 11) is 0. The maximum absolute atomic E-state index is 11.9. The summed E-state index contributed by atoms with van der Waals surface area (Å²) in [4.78, 5) is 33.7. The fourth-order valence-corrected chi connectivity index (χ4v) is 1.61. The van der Waals surface area contributed by atoms with E-state index in [1.807, 2.05) is 0 Å². The largest absolute Gasteiger partial charge is 0.480 e. The van der Waals surface area contributed by atoms with Crippen LogP contribution in [0.3, 0.4) is 0 Å². The molecular weight excluding hydrogens is 252 g/mol. The normalized spacial score (nSPS) is 9.95. The minimum Gasteiger partial charge on any atom is -0.480 e. The summed E-state index contributed by atoms with van der Waals surface area (Å²) >= 11 is 0. The smallest absolute Gasteiger partial charge is 0.323 e. The third-order valence-corrected chi connectivity index (χ3v) is 2.54. The molecule has 0 aliphatic heterocycles. The predicted octanol–water partition coefficient (Wildman–Crippen LogP) is 1.07. The zero-order chi connectivity index (χ0) is 14.4.